The SMILES string of the molecule is C[N+](C)(C)CC(O)PC(=O)C(O)CO. The monoisotopic (exact) mass is 224 g/mol. The van der Waals surface area contributed by atoms with Crippen molar-refractivity contribution in [2.24, 2.45) is 0 Å². The third-order valence-electron chi connectivity index (χ3n) is 1.51. The fourth-order valence-electron chi connectivity index (χ4n) is 0.908. The van der Waals surface area contributed by atoms with E-state index in [-0.39, 0.29) is 8.58 Å². The molecule has 0 rings (SSSR count). The average Bonchev–Trinajstić information content (AvgIpc) is 1.99. The van der Waals surface area contributed by atoms with Gasteiger partial charge < -0.3 is 19.8 Å². The number of aliphatic hydroxyl groups excluding tert-OH is 3. The lowest BCUT2D eigenvalue weighted by Gasteiger charge is -2.26. The second-order valence-corrected chi connectivity index (χ2v) is 5.64. The Hall–Kier alpha value is -0.0600. The number of hydrogen-bond acceptors (Lipinski definition) is 4. The number of nitrogens with zero attached hydrogens (tertiary/aromatic N) is 1. The molecule has 14 heavy (non-hydrogen) atoms. The molecule has 0 saturated heterocycles. The van der Waals surface area contributed by atoms with Crippen LogP contribution in [0.25, 0.3) is 0 Å². The molecule has 0 fully saturated rings. The summed E-state index contributed by atoms with van der Waals surface area (Å²) >= 11 is 0. The maximum Gasteiger partial charge on any atom is 0.184 e. The molecule has 0 spiro atoms. The Kier molecular flexibility index (Phi) is 5.71. The summed E-state index contributed by atoms with van der Waals surface area (Å²) in [5.41, 5.74) is -0.492. The van der Waals surface area contributed by atoms with Crippen LogP contribution in [0.5, 0.6) is 0 Å². The third-order valence-corrected chi connectivity index (χ3v) is 2.64. The Morgan fingerprint density at radius 2 is 1.86 bits per heavy atom. The highest BCUT2D eigenvalue weighted by atomic mass is 31.1. The fourth-order valence-corrected chi connectivity index (χ4v) is 2.16. The van der Waals surface area contributed by atoms with Crippen molar-refractivity contribution < 1.29 is 24.6 Å². The van der Waals surface area contributed by atoms with Gasteiger partial charge in [-0.1, -0.05) is 0 Å². The Bertz CT molecular complexity index is 192. The van der Waals surface area contributed by atoms with Gasteiger partial charge in [0.15, 0.2) is 5.52 Å². The summed E-state index contributed by atoms with van der Waals surface area (Å²) in [7, 11) is 5.34. The predicted molar refractivity (Wildman–Crippen MR) is 55.3 cm³/mol. The van der Waals surface area contributed by atoms with Crippen molar-refractivity contribution in [2.45, 2.75) is 11.9 Å². The van der Waals surface area contributed by atoms with Gasteiger partial charge in [0.2, 0.25) is 0 Å². The van der Waals surface area contributed by atoms with Gasteiger partial charge in [0.1, 0.15) is 18.5 Å². The van der Waals surface area contributed by atoms with Crippen molar-refractivity contribution in [1.82, 2.24) is 0 Å². The van der Waals surface area contributed by atoms with E-state index < -0.39 is 24.1 Å². The molecule has 0 aliphatic heterocycles. The molecule has 3 unspecified atom stereocenters. The average molecular weight is 224 g/mol. The summed E-state index contributed by atoms with van der Waals surface area (Å²) in [5.74, 6) is -0.747. The van der Waals surface area contributed by atoms with Crippen LogP contribution in [0.4, 0.5) is 0 Å². The summed E-state index contributed by atoms with van der Waals surface area (Å²) in [4.78, 5) is 11.1. The predicted octanol–water partition coefficient (Wildman–Crippen LogP) is -1.43. The van der Waals surface area contributed by atoms with Crippen LogP contribution in [-0.4, -0.2) is 71.6 Å². The summed E-state index contributed by atoms with van der Waals surface area (Å²) in [6.07, 6.45) is -1.35. The smallest absolute Gasteiger partial charge is 0.184 e. The maximum absolute atomic E-state index is 11.1. The van der Waals surface area contributed by atoms with Crippen LogP contribution in [0, 0.1) is 0 Å². The number of hydrogen-bond donors (Lipinski definition) is 3. The molecule has 0 aliphatic carbocycles. The second-order valence-electron chi connectivity index (χ2n) is 4.20. The van der Waals surface area contributed by atoms with Gasteiger partial charge in [-0.25, -0.2) is 0 Å². The van der Waals surface area contributed by atoms with E-state index in [1.165, 1.54) is 0 Å². The molecule has 3 N–H and O–H groups in total. The first-order valence-corrected chi connectivity index (χ1v) is 5.42. The first-order valence-electron chi connectivity index (χ1n) is 4.34. The molecular formula is C8H19NO4P+. The van der Waals surface area contributed by atoms with Crippen molar-refractivity contribution in [3.05, 3.63) is 0 Å². The van der Waals surface area contributed by atoms with Crippen molar-refractivity contribution in [3.63, 3.8) is 0 Å². The molecule has 5 nitrogen and oxygen atoms in total. The number of likely N-dealkylation sites (N-methyl/N-ethyl adjacent to an activating group) is 1. The van der Waals surface area contributed by atoms with Crippen LogP contribution in [0.2, 0.25) is 0 Å². The Morgan fingerprint density at radius 3 is 2.21 bits per heavy atom. The minimum atomic E-state index is -1.35. The molecule has 0 amide bonds. The zero-order valence-electron chi connectivity index (χ0n) is 8.77. The highest BCUT2D eigenvalue weighted by Crippen LogP contribution is 2.21. The number of rotatable bonds is 6. The molecule has 0 bridgehead atoms. The molecule has 0 aromatic rings. The van der Waals surface area contributed by atoms with Gasteiger partial charge in [-0.3, -0.25) is 4.79 Å². The van der Waals surface area contributed by atoms with Gasteiger partial charge in [0.05, 0.1) is 27.7 Å². The molecule has 3 atom stereocenters. The maximum atomic E-state index is 11.1. The molecule has 0 heterocycles. The lowest BCUT2D eigenvalue weighted by atomic mass is 10.4. The van der Waals surface area contributed by atoms with Crippen molar-refractivity contribution in [2.75, 3.05) is 34.3 Å². The van der Waals surface area contributed by atoms with E-state index in [1.807, 2.05) is 21.1 Å². The quantitative estimate of drug-likeness (QED) is 0.382. The minimum absolute atomic E-state index is 0.369. The van der Waals surface area contributed by atoms with E-state index >= 15 is 0 Å². The number of aliphatic hydroxyl groups is 3. The number of quaternary nitrogens is 1. The second kappa shape index (κ2) is 5.73. The van der Waals surface area contributed by atoms with Gasteiger partial charge in [-0.05, 0) is 8.58 Å². The van der Waals surface area contributed by atoms with Crippen molar-refractivity contribution in [3.8, 4) is 0 Å². The van der Waals surface area contributed by atoms with Gasteiger partial charge in [0.25, 0.3) is 0 Å². The molecule has 84 valence electrons. The largest absolute Gasteiger partial charge is 0.393 e. The van der Waals surface area contributed by atoms with Crippen LogP contribution in [-0.2, 0) is 4.79 Å². The lowest BCUT2D eigenvalue weighted by molar-refractivity contribution is -0.871. The summed E-state index contributed by atoms with van der Waals surface area (Å²) in [5, 5.41) is 26.9. The van der Waals surface area contributed by atoms with E-state index in [2.05, 4.69) is 0 Å². The molecule has 6 heteroatoms. The van der Waals surface area contributed by atoms with Gasteiger partial charge in [0, 0.05) is 0 Å². The van der Waals surface area contributed by atoms with E-state index in [0.29, 0.717) is 11.0 Å². The van der Waals surface area contributed by atoms with Gasteiger partial charge in [-0.2, -0.15) is 0 Å². The summed E-state index contributed by atoms with van der Waals surface area (Å²) in [6.45, 7) is -0.134. The molecule has 0 saturated carbocycles. The van der Waals surface area contributed by atoms with Crippen molar-refractivity contribution in [1.29, 1.82) is 0 Å². The van der Waals surface area contributed by atoms with E-state index in [1.54, 1.807) is 0 Å². The Labute approximate surface area is 85.7 Å². The Balaban J connectivity index is 3.95. The molecular weight excluding hydrogens is 205 g/mol. The summed E-state index contributed by atoms with van der Waals surface area (Å²) in [6, 6.07) is 0. The highest BCUT2D eigenvalue weighted by Gasteiger charge is 2.22. The van der Waals surface area contributed by atoms with E-state index in [0.717, 1.165) is 0 Å². The standard InChI is InChI=1S/C8H19NO4P/c1-9(2,3)4-7(12)14-8(13)6(11)5-10/h6-7,10-12,14H,4-5H2,1-3H3/q+1. The molecule has 0 aliphatic rings. The highest BCUT2D eigenvalue weighted by molar-refractivity contribution is 7.58. The summed E-state index contributed by atoms with van der Waals surface area (Å²) < 4.78 is 0.552. The Morgan fingerprint density at radius 1 is 1.36 bits per heavy atom. The van der Waals surface area contributed by atoms with Crippen LogP contribution in [0.15, 0.2) is 0 Å². The van der Waals surface area contributed by atoms with Crippen LogP contribution < -0.4 is 0 Å². The molecule has 0 aromatic heterocycles. The zero-order chi connectivity index (χ0) is 11.4. The molecule has 0 radical (unpaired) electrons. The fraction of sp³-hybridized carbons (Fsp3) is 0.875. The van der Waals surface area contributed by atoms with Crippen LogP contribution in [0.3, 0.4) is 0 Å². The number of carbonyl (C=O) groups is 1. The topological polar surface area (TPSA) is 77.8 Å². The lowest BCUT2D eigenvalue weighted by Crippen LogP contribution is -2.40. The van der Waals surface area contributed by atoms with Crippen molar-refractivity contribution >= 4 is 14.1 Å². The van der Waals surface area contributed by atoms with Crippen LogP contribution in [0.1, 0.15) is 0 Å². The van der Waals surface area contributed by atoms with E-state index in [9.17, 15) is 9.90 Å². The molecule has 0 aromatic carbocycles. The third kappa shape index (κ3) is 6.40. The normalized spacial score (nSPS) is 17.3. The minimum Gasteiger partial charge on any atom is -0.393 e. The first kappa shape index (κ1) is 13.9. The number of carbonyl (C=O) groups excluding carboxylic acids is 1. The van der Waals surface area contributed by atoms with Crippen LogP contribution >= 0.6 is 8.58 Å². The van der Waals surface area contributed by atoms with Gasteiger partial charge in [-0.15, -0.1) is 0 Å². The zero-order valence-corrected chi connectivity index (χ0v) is 9.77. The van der Waals surface area contributed by atoms with Gasteiger partial charge >= 0.3 is 0 Å². The first-order chi connectivity index (χ1) is 6.26. The van der Waals surface area contributed by atoms with E-state index in [4.69, 9.17) is 10.2 Å².